The summed E-state index contributed by atoms with van der Waals surface area (Å²) in [6, 6.07) is 3.45. The first-order valence-electron chi connectivity index (χ1n) is 4.60. The molecule has 0 radical (unpaired) electrons. The van der Waals surface area contributed by atoms with Gasteiger partial charge in [-0.15, -0.1) is 0 Å². The Labute approximate surface area is 96.5 Å². The third kappa shape index (κ3) is 2.12. The van der Waals surface area contributed by atoms with Gasteiger partial charge in [0.2, 0.25) is 5.88 Å². The molecule has 1 atom stereocenters. The Balaban J connectivity index is 2.23. The average molecular weight is 237 g/mol. The molecule has 0 amide bonds. The summed E-state index contributed by atoms with van der Waals surface area (Å²) >= 11 is 1.26. The molecule has 0 saturated heterocycles. The molecule has 16 heavy (non-hydrogen) atoms. The summed E-state index contributed by atoms with van der Waals surface area (Å²) in [5, 5.41) is 10.4. The summed E-state index contributed by atoms with van der Waals surface area (Å²) < 4.78 is 4.94. The fraction of sp³-hybridized carbons (Fsp3) is 0.200. The summed E-state index contributed by atoms with van der Waals surface area (Å²) in [5.74, 6) is 0.514. The third-order valence-corrected chi connectivity index (χ3v) is 2.97. The van der Waals surface area contributed by atoms with Crippen LogP contribution < -0.4 is 10.5 Å². The average Bonchev–Trinajstić information content (AvgIpc) is 2.75. The Hall–Kier alpha value is -1.66. The molecular formula is C10H11N3O2S. The number of nitrogens with zero attached hydrogens (tertiary/aromatic N) is 2. The first-order chi connectivity index (χ1) is 7.70. The van der Waals surface area contributed by atoms with Gasteiger partial charge in [-0.05, 0) is 6.07 Å². The SMILES string of the molecule is COc1ccc(C(O)c2cnc(N)s2)cn1. The van der Waals surface area contributed by atoms with Crippen molar-refractivity contribution in [2.75, 3.05) is 12.8 Å². The van der Waals surface area contributed by atoms with Gasteiger partial charge in [0.25, 0.3) is 0 Å². The van der Waals surface area contributed by atoms with Gasteiger partial charge >= 0.3 is 0 Å². The predicted octanol–water partition coefficient (Wildman–Crippen LogP) is 1.21. The van der Waals surface area contributed by atoms with E-state index in [1.54, 1.807) is 31.6 Å². The van der Waals surface area contributed by atoms with Crippen molar-refractivity contribution < 1.29 is 9.84 Å². The maximum absolute atomic E-state index is 10.0. The Bertz CT molecular complexity index is 469. The van der Waals surface area contributed by atoms with Crippen LogP contribution in [0.4, 0.5) is 5.13 Å². The third-order valence-electron chi connectivity index (χ3n) is 2.10. The number of nitrogens with two attached hydrogens (primary N) is 1. The van der Waals surface area contributed by atoms with Gasteiger partial charge in [-0.3, -0.25) is 0 Å². The second kappa shape index (κ2) is 4.46. The molecular weight excluding hydrogens is 226 g/mol. The molecule has 0 fully saturated rings. The van der Waals surface area contributed by atoms with E-state index in [4.69, 9.17) is 10.5 Å². The maximum Gasteiger partial charge on any atom is 0.212 e. The zero-order valence-corrected chi connectivity index (χ0v) is 9.44. The number of aromatic nitrogens is 2. The van der Waals surface area contributed by atoms with Crippen molar-refractivity contribution in [2.45, 2.75) is 6.10 Å². The van der Waals surface area contributed by atoms with E-state index < -0.39 is 6.10 Å². The number of anilines is 1. The van der Waals surface area contributed by atoms with Gasteiger partial charge in [-0.1, -0.05) is 11.3 Å². The topological polar surface area (TPSA) is 81.3 Å². The Morgan fingerprint density at radius 1 is 1.38 bits per heavy atom. The number of nitrogen functional groups attached to an aromatic ring is 1. The van der Waals surface area contributed by atoms with Crippen LogP contribution in [-0.4, -0.2) is 22.2 Å². The number of thiazole rings is 1. The van der Waals surface area contributed by atoms with Gasteiger partial charge in [-0.2, -0.15) is 0 Å². The van der Waals surface area contributed by atoms with E-state index in [-0.39, 0.29) is 0 Å². The fourth-order valence-corrected chi connectivity index (χ4v) is 1.97. The highest BCUT2D eigenvalue weighted by Gasteiger charge is 2.13. The lowest BCUT2D eigenvalue weighted by atomic mass is 10.1. The molecule has 3 N–H and O–H groups in total. The number of aliphatic hydroxyl groups excluding tert-OH is 1. The Kier molecular flexibility index (Phi) is 3.02. The van der Waals surface area contributed by atoms with Crippen molar-refractivity contribution >= 4 is 16.5 Å². The van der Waals surface area contributed by atoms with Crippen LogP contribution in [0.3, 0.4) is 0 Å². The van der Waals surface area contributed by atoms with Crippen molar-refractivity contribution in [3.05, 3.63) is 35.0 Å². The monoisotopic (exact) mass is 237 g/mol. The normalized spacial score (nSPS) is 12.4. The van der Waals surface area contributed by atoms with E-state index in [1.807, 2.05) is 0 Å². The van der Waals surface area contributed by atoms with Crippen LogP contribution in [0.2, 0.25) is 0 Å². The number of hydrogen-bond donors (Lipinski definition) is 2. The molecule has 0 spiro atoms. The lowest BCUT2D eigenvalue weighted by Crippen LogP contribution is -1.98. The maximum atomic E-state index is 10.0. The molecule has 6 heteroatoms. The molecule has 0 saturated carbocycles. The molecule has 2 aromatic rings. The van der Waals surface area contributed by atoms with Crippen molar-refractivity contribution in [3.8, 4) is 5.88 Å². The number of hydrogen-bond acceptors (Lipinski definition) is 6. The number of ether oxygens (including phenoxy) is 1. The van der Waals surface area contributed by atoms with Gasteiger partial charge in [0.05, 0.1) is 12.0 Å². The van der Waals surface area contributed by atoms with Gasteiger partial charge in [-0.25, -0.2) is 9.97 Å². The van der Waals surface area contributed by atoms with Gasteiger partial charge in [0, 0.05) is 24.0 Å². The van der Waals surface area contributed by atoms with Gasteiger partial charge in [0.1, 0.15) is 6.10 Å². The van der Waals surface area contributed by atoms with E-state index in [1.165, 1.54) is 11.3 Å². The van der Waals surface area contributed by atoms with Gasteiger partial charge < -0.3 is 15.6 Å². The molecule has 0 aliphatic carbocycles. The summed E-state index contributed by atoms with van der Waals surface area (Å²) in [5.41, 5.74) is 6.19. The van der Waals surface area contributed by atoms with E-state index in [9.17, 15) is 5.11 Å². The second-order valence-corrected chi connectivity index (χ2v) is 4.23. The van der Waals surface area contributed by atoms with Crippen LogP contribution >= 0.6 is 11.3 Å². The quantitative estimate of drug-likeness (QED) is 0.838. The fourth-order valence-electron chi connectivity index (χ4n) is 1.27. The van der Waals surface area contributed by atoms with Crippen LogP contribution in [0.1, 0.15) is 16.5 Å². The molecule has 0 aromatic carbocycles. The van der Waals surface area contributed by atoms with E-state index in [0.717, 1.165) is 0 Å². The highest BCUT2D eigenvalue weighted by molar-refractivity contribution is 7.15. The Morgan fingerprint density at radius 3 is 2.69 bits per heavy atom. The van der Waals surface area contributed by atoms with Crippen LogP contribution in [0, 0.1) is 0 Å². The van der Waals surface area contributed by atoms with Crippen LogP contribution in [-0.2, 0) is 0 Å². The minimum atomic E-state index is -0.742. The summed E-state index contributed by atoms with van der Waals surface area (Å²) in [7, 11) is 1.54. The molecule has 0 bridgehead atoms. The first kappa shape index (κ1) is 10.8. The van der Waals surface area contributed by atoms with E-state index in [0.29, 0.717) is 21.5 Å². The van der Waals surface area contributed by atoms with Crippen LogP contribution in [0.25, 0.3) is 0 Å². The standard InChI is InChI=1S/C10H11N3O2S/c1-15-8-3-2-6(4-12-8)9(14)7-5-13-10(11)16-7/h2-5,9,14H,1H3,(H2,11,13). The molecule has 2 heterocycles. The van der Waals surface area contributed by atoms with Crippen molar-refractivity contribution in [1.82, 2.24) is 9.97 Å². The Morgan fingerprint density at radius 2 is 2.19 bits per heavy atom. The zero-order valence-electron chi connectivity index (χ0n) is 8.62. The minimum absolute atomic E-state index is 0.440. The minimum Gasteiger partial charge on any atom is -0.481 e. The lowest BCUT2D eigenvalue weighted by molar-refractivity contribution is 0.223. The zero-order chi connectivity index (χ0) is 11.5. The molecule has 84 valence electrons. The predicted molar refractivity (Wildman–Crippen MR) is 61.4 cm³/mol. The van der Waals surface area contributed by atoms with Crippen LogP contribution in [0.15, 0.2) is 24.5 Å². The molecule has 0 aliphatic rings. The van der Waals surface area contributed by atoms with Crippen molar-refractivity contribution in [2.24, 2.45) is 0 Å². The molecule has 2 rings (SSSR count). The van der Waals surface area contributed by atoms with Crippen molar-refractivity contribution in [3.63, 3.8) is 0 Å². The molecule has 1 unspecified atom stereocenters. The number of aliphatic hydroxyl groups is 1. The second-order valence-electron chi connectivity index (χ2n) is 3.14. The van der Waals surface area contributed by atoms with E-state index in [2.05, 4.69) is 9.97 Å². The summed E-state index contributed by atoms with van der Waals surface area (Å²) in [6.45, 7) is 0. The summed E-state index contributed by atoms with van der Waals surface area (Å²) in [4.78, 5) is 8.61. The molecule has 0 aliphatic heterocycles. The lowest BCUT2D eigenvalue weighted by Gasteiger charge is -2.07. The van der Waals surface area contributed by atoms with Gasteiger partial charge in [0.15, 0.2) is 5.13 Å². The highest BCUT2D eigenvalue weighted by atomic mass is 32.1. The molecule has 5 nitrogen and oxygen atoms in total. The summed E-state index contributed by atoms with van der Waals surface area (Å²) in [6.07, 6.45) is 2.39. The number of methoxy groups -OCH3 is 1. The number of rotatable bonds is 3. The van der Waals surface area contributed by atoms with E-state index >= 15 is 0 Å². The molecule has 2 aromatic heterocycles. The van der Waals surface area contributed by atoms with Crippen LogP contribution in [0.5, 0.6) is 5.88 Å². The smallest absolute Gasteiger partial charge is 0.212 e. The largest absolute Gasteiger partial charge is 0.481 e. The highest BCUT2D eigenvalue weighted by Crippen LogP contribution is 2.27. The van der Waals surface area contributed by atoms with Crippen molar-refractivity contribution in [1.29, 1.82) is 0 Å². The number of pyridine rings is 1. The first-order valence-corrected chi connectivity index (χ1v) is 5.41.